The van der Waals surface area contributed by atoms with Crippen LogP contribution in [0.25, 0.3) is 0 Å². The van der Waals surface area contributed by atoms with E-state index in [1.165, 1.54) is 51.4 Å². The van der Waals surface area contributed by atoms with Crippen LogP contribution < -0.4 is 10.6 Å². The highest BCUT2D eigenvalue weighted by molar-refractivity contribution is 5.35. The van der Waals surface area contributed by atoms with Crippen LogP contribution in [0.4, 0.5) is 11.9 Å². The third-order valence-corrected chi connectivity index (χ3v) is 5.09. The van der Waals surface area contributed by atoms with E-state index in [-0.39, 0.29) is 0 Å². The van der Waals surface area contributed by atoms with Crippen molar-refractivity contribution in [3.05, 3.63) is 18.6 Å². The Labute approximate surface area is 172 Å². The van der Waals surface area contributed by atoms with Gasteiger partial charge in [-0.05, 0) is 38.8 Å². The van der Waals surface area contributed by atoms with Crippen LogP contribution >= 0.6 is 0 Å². The summed E-state index contributed by atoms with van der Waals surface area (Å²) in [7, 11) is 0. The normalized spacial score (nSPS) is 19.5. The van der Waals surface area contributed by atoms with Crippen LogP contribution in [-0.2, 0) is 0 Å². The monoisotopic (exact) mass is 390 g/mol. The fraction of sp³-hybridized carbons (Fsp3) is 0.773. The molecule has 2 heterocycles. The lowest BCUT2D eigenvalue weighted by Gasteiger charge is -2.22. The molecule has 1 aromatic rings. The van der Waals surface area contributed by atoms with E-state index in [0.29, 0.717) is 24.0 Å². The summed E-state index contributed by atoms with van der Waals surface area (Å²) < 4.78 is 0. The molecule has 2 fully saturated rings. The van der Waals surface area contributed by atoms with Crippen molar-refractivity contribution in [3.63, 3.8) is 0 Å². The van der Waals surface area contributed by atoms with Gasteiger partial charge in [0, 0.05) is 25.2 Å². The van der Waals surface area contributed by atoms with Gasteiger partial charge in [0.1, 0.15) is 5.82 Å². The van der Waals surface area contributed by atoms with Crippen molar-refractivity contribution in [2.45, 2.75) is 98.1 Å². The SMILES string of the molecule is C=CN1CCCC1CNc1nc(C)nc(NC2CCCCCC2)n1.CC.CC. The second kappa shape index (κ2) is 14.2. The van der Waals surface area contributed by atoms with Crippen molar-refractivity contribution in [1.29, 1.82) is 0 Å². The Morgan fingerprint density at radius 3 is 2.21 bits per heavy atom. The fourth-order valence-corrected chi connectivity index (χ4v) is 3.76. The van der Waals surface area contributed by atoms with Crippen LogP contribution in [0.1, 0.15) is 84.9 Å². The molecule has 2 aliphatic rings. The van der Waals surface area contributed by atoms with E-state index in [4.69, 9.17) is 0 Å². The molecule has 1 aliphatic carbocycles. The Bertz CT molecular complexity index is 540. The predicted octanol–water partition coefficient (Wildman–Crippen LogP) is 5.39. The van der Waals surface area contributed by atoms with Crippen LogP contribution in [0.15, 0.2) is 12.8 Å². The average Bonchev–Trinajstić information content (AvgIpc) is 3.04. The van der Waals surface area contributed by atoms with Gasteiger partial charge >= 0.3 is 0 Å². The van der Waals surface area contributed by atoms with Crippen LogP contribution in [0, 0.1) is 6.92 Å². The first-order valence-corrected chi connectivity index (χ1v) is 11.4. The van der Waals surface area contributed by atoms with Crippen LogP contribution in [0.5, 0.6) is 0 Å². The Morgan fingerprint density at radius 1 is 0.929 bits per heavy atom. The Hall–Kier alpha value is -1.85. The molecule has 0 aromatic carbocycles. The highest BCUT2D eigenvalue weighted by atomic mass is 15.2. The minimum Gasteiger partial charge on any atom is -0.373 e. The summed E-state index contributed by atoms with van der Waals surface area (Å²) in [6, 6.07) is 0.978. The van der Waals surface area contributed by atoms with Gasteiger partial charge in [-0.2, -0.15) is 15.0 Å². The van der Waals surface area contributed by atoms with Gasteiger partial charge < -0.3 is 15.5 Å². The van der Waals surface area contributed by atoms with Gasteiger partial charge in [0.15, 0.2) is 0 Å². The Kier molecular flexibility index (Phi) is 12.3. The lowest BCUT2D eigenvalue weighted by molar-refractivity contribution is 0.363. The smallest absolute Gasteiger partial charge is 0.227 e. The second-order valence-electron chi connectivity index (χ2n) is 6.96. The number of rotatable bonds is 6. The summed E-state index contributed by atoms with van der Waals surface area (Å²) in [5, 5.41) is 6.91. The molecule has 6 nitrogen and oxygen atoms in total. The summed E-state index contributed by atoms with van der Waals surface area (Å²) in [6.07, 6.45) is 12.1. The highest BCUT2D eigenvalue weighted by Crippen LogP contribution is 2.21. The molecular formula is C22H42N6. The topological polar surface area (TPSA) is 66.0 Å². The predicted molar refractivity (Wildman–Crippen MR) is 121 cm³/mol. The molecule has 28 heavy (non-hydrogen) atoms. The van der Waals surface area contributed by atoms with E-state index < -0.39 is 0 Å². The third-order valence-electron chi connectivity index (χ3n) is 5.09. The van der Waals surface area contributed by atoms with Gasteiger partial charge in [-0.15, -0.1) is 0 Å². The van der Waals surface area contributed by atoms with Crippen LogP contribution in [-0.4, -0.2) is 45.0 Å². The summed E-state index contributed by atoms with van der Waals surface area (Å²) in [4.78, 5) is 15.8. The molecular weight excluding hydrogens is 348 g/mol. The van der Waals surface area contributed by atoms with Gasteiger partial charge in [-0.25, -0.2) is 0 Å². The van der Waals surface area contributed by atoms with Gasteiger partial charge in [-0.1, -0.05) is 60.0 Å². The Balaban J connectivity index is 0.000000921. The molecule has 0 radical (unpaired) electrons. The quantitative estimate of drug-likeness (QED) is 0.635. The molecule has 1 aromatic heterocycles. The molecule has 1 aliphatic heterocycles. The van der Waals surface area contributed by atoms with Crippen molar-refractivity contribution in [2.75, 3.05) is 23.7 Å². The van der Waals surface area contributed by atoms with E-state index >= 15 is 0 Å². The van der Waals surface area contributed by atoms with Crippen molar-refractivity contribution in [3.8, 4) is 0 Å². The number of likely N-dealkylation sites (tertiary alicyclic amines) is 1. The first-order valence-electron chi connectivity index (χ1n) is 11.4. The molecule has 160 valence electrons. The zero-order valence-corrected chi connectivity index (χ0v) is 18.8. The molecule has 0 bridgehead atoms. The van der Waals surface area contributed by atoms with Gasteiger partial charge in [0.25, 0.3) is 0 Å². The number of hydrogen-bond acceptors (Lipinski definition) is 6. The second-order valence-corrected chi connectivity index (χ2v) is 6.96. The van der Waals surface area contributed by atoms with E-state index in [9.17, 15) is 0 Å². The summed E-state index contributed by atoms with van der Waals surface area (Å²) in [5.74, 6) is 2.15. The minimum absolute atomic E-state index is 0.484. The maximum atomic E-state index is 4.58. The van der Waals surface area contributed by atoms with Crippen LogP contribution in [0.3, 0.4) is 0 Å². The number of hydrogen-bond donors (Lipinski definition) is 2. The molecule has 1 atom stereocenters. The minimum atomic E-state index is 0.484. The lowest BCUT2D eigenvalue weighted by Crippen LogP contribution is -2.31. The maximum absolute atomic E-state index is 4.58. The van der Waals surface area contributed by atoms with E-state index in [0.717, 1.165) is 18.9 Å². The number of nitrogens with one attached hydrogen (secondary N) is 2. The fourth-order valence-electron chi connectivity index (χ4n) is 3.76. The molecule has 6 heteroatoms. The van der Waals surface area contributed by atoms with Crippen molar-refractivity contribution in [2.24, 2.45) is 0 Å². The van der Waals surface area contributed by atoms with Crippen LogP contribution in [0.2, 0.25) is 0 Å². The van der Waals surface area contributed by atoms with E-state index in [1.807, 2.05) is 40.8 Å². The molecule has 1 unspecified atom stereocenters. The lowest BCUT2D eigenvalue weighted by atomic mass is 10.1. The molecule has 2 N–H and O–H groups in total. The van der Waals surface area contributed by atoms with Crippen molar-refractivity contribution >= 4 is 11.9 Å². The van der Waals surface area contributed by atoms with E-state index in [1.54, 1.807) is 0 Å². The molecule has 1 saturated carbocycles. The van der Waals surface area contributed by atoms with Crippen molar-refractivity contribution < 1.29 is 0 Å². The highest BCUT2D eigenvalue weighted by Gasteiger charge is 2.21. The maximum Gasteiger partial charge on any atom is 0.227 e. The first kappa shape index (κ1) is 24.2. The zero-order valence-electron chi connectivity index (χ0n) is 18.8. The largest absolute Gasteiger partial charge is 0.373 e. The number of aromatic nitrogens is 3. The third kappa shape index (κ3) is 8.03. The number of aryl methyl sites for hydroxylation is 1. The zero-order chi connectivity index (χ0) is 20.8. The first-order chi connectivity index (χ1) is 13.7. The van der Waals surface area contributed by atoms with E-state index in [2.05, 4.69) is 37.1 Å². The number of anilines is 2. The average molecular weight is 391 g/mol. The molecule has 0 spiro atoms. The number of nitrogens with zero attached hydrogens (tertiary/aromatic N) is 4. The summed E-state index contributed by atoms with van der Waals surface area (Å²) in [6.45, 7) is 15.8. The molecule has 0 amide bonds. The Morgan fingerprint density at radius 2 is 1.57 bits per heavy atom. The molecule has 1 saturated heterocycles. The van der Waals surface area contributed by atoms with Gasteiger partial charge in [-0.3, -0.25) is 0 Å². The summed E-state index contributed by atoms with van der Waals surface area (Å²) >= 11 is 0. The molecule has 3 rings (SSSR count). The van der Waals surface area contributed by atoms with Gasteiger partial charge in [0.05, 0.1) is 0 Å². The summed E-state index contributed by atoms with van der Waals surface area (Å²) in [5.41, 5.74) is 0. The van der Waals surface area contributed by atoms with Crippen molar-refractivity contribution in [1.82, 2.24) is 19.9 Å². The standard InChI is InChI=1S/C18H30N6.2C2H6/c1-3-24-12-8-11-16(24)13-19-17-20-14(2)21-18(23-17)22-15-9-6-4-5-7-10-15;2*1-2/h3,15-16H,1,4-13H2,2H3,(H2,19,20,21,22,23);2*1-2H3. The van der Waals surface area contributed by atoms with Gasteiger partial charge in [0.2, 0.25) is 11.9 Å².